The summed E-state index contributed by atoms with van der Waals surface area (Å²) in [5, 5.41) is 11.2. The monoisotopic (exact) mass is 282 g/mol. The zero-order valence-electron chi connectivity index (χ0n) is 11.0. The Morgan fingerprint density at radius 3 is 2.90 bits per heavy atom. The number of nitriles is 1. The van der Waals surface area contributed by atoms with Crippen LogP contribution in [0, 0.1) is 17.1 Å². The molecule has 21 heavy (non-hydrogen) atoms. The van der Waals surface area contributed by atoms with Gasteiger partial charge in [-0.15, -0.1) is 0 Å². The maximum absolute atomic E-state index is 13.7. The third-order valence-electron chi connectivity index (χ3n) is 3.30. The summed E-state index contributed by atoms with van der Waals surface area (Å²) in [5.41, 5.74) is 1.68. The molecule has 1 amide bonds. The first-order valence-corrected chi connectivity index (χ1v) is 6.44. The number of hydrogen-bond donors (Lipinski definition) is 1. The van der Waals surface area contributed by atoms with E-state index in [0.717, 1.165) is 23.8 Å². The van der Waals surface area contributed by atoms with Crippen LogP contribution < -0.4 is 10.1 Å². The molecule has 2 aromatic carbocycles. The number of nitrogens with one attached hydrogen (secondary N) is 1. The van der Waals surface area contributed by atoms with Gasteiger partial charge in [-0.1, -0.05) is 0 Å². The number of benzene rings is 2. The van der Waals surface area contributed by atoms with Crippen LogP contribution in [0.4, 0.5) is 10.1 Å². The summed E-state index contributed by atoms with van der Waals surface area (Å²) in [7, 11) is 0. The largest absolute Gasteiger partial charge is 0.493 e. The van der Waals surface area contributed by atoms with Gasteiger partial charge in [0.05, 0.1) is 23.9 Å². The van der Waals surface area contributed by atoms with E-state index in [0.29, 0.717) is 12.2 Å². The van der Waals surface area contributed by atoms with Gasteiger partial charge < -0.3 is 10.1 Å². The minimum absolute atomic E-state index is 0.0516. The van der Waals surface area contributed by atoms with Crippen LogP contribution >= 0.6 is 0 Å². The number of ether oxygens (including phenoxy) is 1. The number of carbonyl (C=O) groups is 1. The third kappa shape index (κ3) is 2.56. The van der Waals surface area contributed by atoms with Crippen LogP contribution in [0.25, 0.3) is 0 Å². The molecule has 0 aromatic heterocycles. The highest BCUT2D eigenvalue weighted by atomic mass is 19.1. The molecular formula is C16H11FN2O2. The molecule has 1 aliphatic rings. The van der Waals surface area contributed by atoms with E-state index in [-0.39, 0.29) is 11.3 Å². The Labute approximate surface area is 120 Å². The fourth-order valence-corrected chi connectivity index (χ4v) is 2.21. The first kappa shape index (κ1) is 13.1. The van der Waals surface area contributed by atoms with Crippen LogP contribution in [0.3, 0.4) is 0 Å². The molecular weight excluding hydrogens is 271 g/mol. The predicted molar refractivity (Wildman–Crippen MR) is 74.7 cm³/mol. The van der Waals surface area contributed by atoms with Gasteiger partial charge in [0.25, 0.3) is 5.91 Å². The lowest BCUT2D eigenvalue weighted by Crippen LogP contribution is -2.13. The lowest BCUT2D eigenvalue weighted by molar-refractivity contribution is 0.102. The quantitative estimate of drug-likeness (QED) is 0.921. The Morgan fingerprint density at radius 2 is 2.14 bits per heavy atom. The SMILES string of the molecule is N#Cc1ccc(NC(=O)c2ccc3c(c2)CCO3)c(F)c1. The fraction of sp³-hybridized carbons (Fsp3) is 0.125. The molecule has 0 atom stereocenters. The van der Waals surface area contributed by atoms with Crippen LogP contribution in [0.5, 0.6) is 5.75 Å². The summed E-state index contributed by atoms with van der Waals surface area (Å²) >= 11 is 0. The minimum Gasteiger partial charge on any atom is -0.493 e. The number of nitrogens with zero attached hydrogens (tertiary/aromatic N) is 1. The van der Waals surface area contributed by atoms with Crippen LogP contribution in [0.1, 0.15) is 21.5 Å². The van der Waals surface area contributed by atoms with Gasteiger partial charge in [0.2, 0.25) is 0 Å². The van der Waals surface area contributed by atoms with Crippen LogP contribution in [0.15, 0.2) is 36.4 Å². The molecule has 0 saturated heterocycles. The Bertz CT molecular complexity index is 765. The lowest BCUT2D eigenvalue weighted by Gasteiger charge is -2.07. The molecule has 0 saturated carbocycles. The van der Waals surface area contributed by atoms with Crippen molar-refractivity contribution in [2.24, 2.45) is 0 Å². The van der Waals surface area contributed by atoms with E-state index in [2.05, 4.69) is 5.32 Å². The van der Waals surface area contributed by atoms with E-state index < -0.39 is 11.7 Å². The summed E-state index contributed by atoms with van der Waals surface area (Å²) in [6, 6.07) is 10.9. The number of amides is 1. The topological polar surface area (TPSA) is 62.1 Å². The number of halogens is 1. The second-order valence-electron chi connectivity index (χ2n) is 4.68. The van der Waals surface area contributed by atoms with Crippen molar-refractivity contribution in [2.45, 2.75) is 6.42 Å². The highest BCUT2D eigenvalue weighted by Gasteiger charge is 2.16. The second-order valence-corrected chi connectivity index (χ2v) is 4.68. The molecule has 5 heteroatoms. The Balaban J connectivity index is 1.82. The number of anilines is 1. The molecule has 0 aliphatic carbocycles. The summed E-state index contributed by atoms with van der Waals surface area (Å²) < 4.78 is 19.1. The normalized spacial score (nSPS) is 12.2. The van der Waals surface area contributed by atoms with Crippen molar-refractivity contribution in [3.8, 4) is 11.8 Å². The van der Waals surface area contributed by atoms with Crippen molar-refractivity contribution >= 4 is 11.6 Å². The van der Waals surface area contributed by atoms with E-state index in [1.54, 1.807) is 18.2 Å². The summed E-state index contributed by atoms with van der Waals surface area (Å²) in [5.74, 6) is -0.240. The number of carbonyl (C=O) groups excluding carboxylic acids is 1. The van der Waals surface area contributed by atoms with E-state index in [9.17, 15) is 9.18 Å². The van der Waals surface area contributed by atoms with Crippen LogP contribution in [0.2, 0.25) is 0 Å². The first-order valence-electron chi connectivity index (χ1n) is 6.44. The first-order chi connectivity index (χ1) is 10.2. The van der Waals surface area contributed by atoms with Gasteiger partial charge >= 0.3 is 0 Å². The van der Waals surface area contributed by atoms with Gasteiger partial charge in [-0.05, 0) is 42.0 Å². The molecule has 104 valence electrons. The Hall–Kier alpha value is -2.87. The standard InChI is InChI=1S/C16H11FN2O2/c17-13-7-10(9-18)1-3-14(13)19-16(20)12-2-4-15-11(8-12)5-6-21-15/h1-4,7-8H,5-6H2,(H,19,20). The minimum atomic E-state index is -0.633. The molecule has 3 rings (SSSR count). The van der Waals surface area contributed by atoms with E-state index >= 15 is 0 Å². The number of rotatable bonds is 2. The Kier molecular flexibility index (Phi) is 3.28. The molecule has 0 bridgehead atoms. The van der Waals surface area contributed by atoms with E-state index in [1.165, 1.54) is 12.1 Å². The van der Waals surface area contributed by atoms with Crippen LogP contribution in [-0.4, -0.2) is 12.5 Å². The molecule has 0 radical (unpaired) electrons. The maximum Gasteiger partial charge on any atom is 0.255 e. The fourth-order valence-electron chi connectivity index (χ4n) is 2.21. The van der Waals surface area contributed by atoms with Crippen molar-refractivity contribution in [1.29, 1.82) is 5.26 Å². The van der Waals surface area contributed by atoms with Gasteiger partial charge in [-0.3, -0.25) is 4.79 Å². The zero-order chi connectivity index (χ0) is 14.8. The predicted octanol–water partition coefficient (Wildman–Crippen LogP) is 2.88. The highest BCUT2D eigenvalue weighted by Crippen LogP contribution is 2.26. The molecule has 1 N–H and O–H groups in total. The Morgan fingerprint density at radius 1 is 1.29 bits per heavy atom. The third-order valence-corrected chi connectivity index (χ3v) is 3.30. The molecule has 1 heterocycles. The molecule has 0 unspecified atom stereocenters. The molecule has 2 aromatic rings. The van der Waals surface area contributed by atoms with Crippen molar-refractivity contribution in [3.05, 3.63) is 58.9 Å². The van der Waals surface area contributed by atoms with Crippen molar-refractivity contribution < 1.29 is 13.9 Å². The van der Waals surface area contributed by atoms with Crippen molar-refractivity contribution in [3.63, 3.8) is 0 Å². The lowest BCUT2D eigenvalue weighted by atomic mass is 10.1. The summed E-state index contributed by atoms with van der Waals surface area (Å²) in [6.07, 6.45) is 0.766. The van der Waals surface area contributed by atoms with E-state index in [4.69, 9.17) is 10.00 Å². The average Bonchev–Trinajstić information content (AvgIpc) is 2.96. The summed E-state index contributed by atoms with van der Waals surface area (Å²) in [4.78, 5) is 12.1. The highest BCUT2D eigenvalue weighted by molar-refractivity contribution is 6.04. The number of hydrogen-bond acceptors (Lipinski definition) is 3. The molecule has 1 aliphatic heterocycles. The van der Waals surface area contributed by atoms with Gasteiger partial charge in [-0.2, -0.15) is 5.26 Å². The molecule has 0 fully saturated rings. The average molecular weight is 282 g/mol. The maximum atomic E-state index is 13.7. The second kappa shape index (κ2) is 5.25. The van der Waals surface area contributed by atoms with Gasteiger partial charge in [0, 0.05) is 12.0 Å². The molecule has 4 nitrogen and oxygen atoms in total. The number of fused-ring (bicyclic) bond motifs is 1. The van der Waals surface area contributed by atoms with Gasteiger partial charge in [-0.25, -0.2) is 4.39 Å². The summed E-state index contributed by atoms with van der Waals surface area (Å²) in [6.45, 7) is 0.616. The smallest absolute Gasteiger partial charge is 0.255 e. The van der Waals surface area contributed by atoms with Crippen molar-refractivity contribution in [1.82, 2.24) is 0 Å². The van der Waals surface area contributed by atoms with Crippen molar-refractivity contribution in [2.75, 3.05) is 11.9 Å². The molecule has 0 spiro atoms. The van der Waals surface area contributed by atoms with Crippen LogP contribution in [-0.2, 0) is 6.42 Å². The van der Waals surface area contributed by atoms with Gasteiger partial charge in [0.1, 0.15) is 11.6 Å². The van der Waals surface area contributed by atoms with E-state index in [1.807, 2.05) is 6.07 Å². The zero-order valence-corrected chi connectivity index (χ0v) is 11.0. The van der Waals surface area contributed by atoms with Gasteiger partial charge in [0.15, 0.2) is 0 Å².